The van der Waals surface area contributed by atoms with E-state index in [0.29, 0.717) is 12.0 Å². The Labute approximate surface area is 181 Å². The van der Waals surface area contributed by atoms with Gasteiger partial charge < -0.3 is 4.74 Å². The molecule has 0 aliphatic heterocycles. The summed E-state index contributed by atoms with van der Waals surface area (Å²) in [5, 5.41) is 0. The van der Waals surface area contributed by atoms with Gasteiger partial charge in [-0.3, -0.25) is 0 Å². The SMILES string of the molecule is CC(C)=C=C(C)CC[CH-]/C=C/C1(COCc2ccccc2)CC1.[Pr]. The molecule has 0 spiro atoms. The smallest absolute Gasteiger partial charge is 0.0716 e. The summed E-state index contributed by atoms with van der Waals surface area (Å²) in [4.78, 5) is 0. The molecule has 0 bridgehead atoms. The molecule has 1 saturated carbocycles. The van der Waals surface area contributed by atoms with Gasteiger partial charge >= 0.3 is 0 Å². The molecule has 1 aliphatic carbocycles. The molecule has 1 aromatic carbocycles. The van der Waals surface area contributed by atoms with Gasteiger partial charge in [0.15, 0.2) is 0 Å². The second-order valence-corrected chi connectivity index (χ2v) is 6.88. The molecule has 1 aliphatic rings. The molecule has 1 fully saturated rings. The summed E-state index contributed by atoms with van der Waals surface area (Å²) in [5.41, 5.74) is 7.52. The van der Waals surface area contributed by atoms with Crippen molar-refractivity contribution in [3.8, 4) is 0 Å². The molecule has 1 aromatic rings. The van der Waals surface area contributed by atoms with Crippen molar-refractivity contribution in [3.05, 3.63) is 71.3 Å². The van der Waals surface area contributed by atoms with Crippen molar-refractivity contribution in [1.82, 2.24) is 0 Å². The van der Waals surface area contributed by atoms with E-state index in [1.54, 1.807) is 0 Å². The molecule has 2 heteroatoms. The van der Waals surface area contributed by atoms with E-state index >= 15 is 0 Å². The molecule has 127 valence electrons. The molecule has 0 atom stereocenters. The van der Waals surface area contributed by atoms with E-state index < -0.39 is 0 Å². The second-order valence-electron chi connectivity index (χ2n) is 6.88. The summed E-state index contributed by atoms with van der Waals surface area (Å²) >= 11 is 0. The summed E-state index contributed by atoms with van der Waals surface area (Å²) in [6, 6.07) is 10.4. The summed E-state index contributed by atoms with van der Waals surface area (Å²) in [6.45, 7) is 7.90. The number of benzene rings is 1. The number of allylic oxidation sites excluding steroid dienone is 2. The van der Waals surface area contributed by atoms with E-state index in [-0.39, 0.29) is 41.3 Å². The van der Waals surface area contributed by atoms with Crippen LogP contribution >= 0.6 is 0 Å². The van der Waals surface area contributed by atoms with Crippen LogP contribution in [0.4, 0.5) is 0 Å². The van der Waals surface area contributed by atoms with Crippen molar-refractivity contribution in [3.63, 3.8) is 0 Å². The fourth-order valence-electron chi connectivity index (χ4n) is 2.62. The molecule has 0 saturated heterocycles. The molecular weight excluding hydrogens is 421 g/mol. The summed E-state index contributed by atoms with van der Waals surface area (Å²) < 4.78 is 5.90. The molecule has 0 heterocycles. The maximum Gasteiger partial charge on any atom is 0.0716 e. The predicted octanol–water partition coefficient (Wildman–Crippen LogP) is 6.04. The van der Waals surface area contributed by atoms with E-state index in [1.807, 2.05) is 6.07 Å². The third-order valence-electron chi connectivity index (χ3n) is 4.13. The van der Waals surface area contributed by atoms with Gasteiger partial charge in [-0.05, 0) is 43.9 Å². The van der Waals surface area contributed by atoms with Gasteiger partial charge in [-0.15, -0.1) is 5.73 Å². The number of ether oxygens (including phenoxy) is 1. The molecule has 0 N–H and O–H groups in total. The molecule has 1 radical (unpaired) electrons. The second kappa shape index (κ2) is 11.3. The van der Waals surface area contributed by atoms with Gasteiger partial charge in [0.1, 0.15) is 0 Å². The Hall–Kier alpha value is -0.326. The quantitative estimate of drug-likeness (QED) is 0.253. The maximum atomic E-state index is 5.90. The summed E-state index contributed by atoms with van der Waals surface area (Å²) in [6.07, 6.45) is 11.5. The first-order valence-electron chi connectivity index (χ1n) is 8.62. The topological polar surface area (TPSA) is 9.23 Å². The minimum absolute atomic E-state index is 0. The van der Waals surface area contributed by atoms with Crippen LogP contribution in [-0.2, 0) is 11.3 Å². The molecule has 1 nitrogen and oxygen atoms in total. The van der Waals surface area contributed by atoms with Crippen LogP contribution in [0.3, 0.4) is 0 Å². The zero-order valence-corrected chi connectivity index (χ0v) is 19.1. The standard InChI is InChI=1S/C22H29O.Pr/c1-19(2)16-20(3)10-6-5-9-13-22(14-15-22)18-23-17-21-11-7-4-8-12-21;/h4-5,7-9,11-13H,6,10,14-15,17-18H2,1-3H3;/q-1;/b13-9+;. The Bertz CT molecular complexity index is 571. The largest absolute Gasteiger partial charge is 0.377 e. The summed E-state index contributed by atoms with van der Waals surface area (Å²) in [5.74, 6) is 0. The molecule has 2 rings (SSSR count). The number of unbranched alkanes of at least 4 members (excludes halogenated alkanes) is 1. The third-order valence-corrected chi connectivity index (χ3v) is 4.13. The van der Waals surface area contributed by atoms with E-state index in [9.17, 15) is 0 Å². The van der Waals surface area contributed by atoms with Crippen molar-refractivity contribution in [2.75, 3.05) is 6.61 Å². The maximum absolute atomic E-state index is 5.90. The van der Waals surface area contributed by atoms with Crippen molar-refractivity contribution >= 4 is 0 Å². The van der Waals surface area contributed by atoms with Crippen LogP contribution in [0.25, 0.3) is 0 Å². The third kappa shape index (κ3) is 8.68. The van der Waals surface area contributed by atoms with E-state index in [0.717, 1.165) is 19.4 Å². The average Bonchev–Trinajstić information content (AvgIpc) is 3.27. The van der Waals surface area contributed by atoms with Gasteiger partial charge in [0.05, 0.1) is 6.61 Å². The molecule has 0 aromatic heterocycles. The van der Waals surface area contributed by atoms with Gasteiger partial charge in [0.25, 0.3) is 0 Å². The van der Waals surface area contributed by atoms with Gasteiger partial charge in [-0.25, -0.2) is 18.6 Å². The Morgan fingerprint density at radius 2 is 1.92 bits per heavy atom. The van der Waals surface area contributed by atoms with Gasteiger partial charge in [-0.2, -0.15) is 0 Å². The van der Waals surface area contributed by atoms with E-state index in [1.165, 1.54) is 29.6 Å². The van der Waals surface area contributed by atoms with Crippen molar-refractivity contribution in [1.29, 1.82) is 0 Å². The average molecular weight is 450 g/mol. The fraction of sp³-hybridized carbons (Fsp3) is 0.455. The zero-order chi connectivity index (χ0) is 16.5. The van der Waals surface area contributed by atoms with Crippen LogP contribution < -0.4 is 0 Å². The van der Waals surface area contributed by atoms with Gasteiger partial charge in [0.2, 0.25) is 0 Å². The van der Waals surface area contributed by atoms with Crippen LogP contribution in [0.1, 0.15) is 52.0 Å². The van der Waals surface area contributed by atoms with E-state index in [4.69, 9.17) is 4.74 Å². The van der Waals surface area contributed by atoms with Crippen LogP contribution in [-0.4, -0.2) is 6.61 Å². The first-order valence-corrected chi connectivity index (χ1v) is 8.62. The molecule has 0 amide bonds. The normalized spacial score (nSPS) is 14.6. The Kier molecular flexibility index (Phi) is 10.2. The molecule has 24 heavy (non-hydrogen) atoms. The minimum Gasteiger partial charge on any atom is -0.377 e. The minimum atomic E-state index is 0. The number of hydrogen-bond donors (Lipinski definition) is 0. The van der Waals surface area contributed by atoms with Crippen LogP contribution in [0.15, 0.2) is 59.4 Å². The summed E-state index contributed by atoms with van der Waals surface area (Å²) in [7, 11) is 0. The molecular formula is C22H29OPr-. The Balaban J connectivity index is 0.00000288. The zero-order valence-electron chi connectivity index (χ0n) is 15.3. The first kappa shape index (κ1) is 21.7. The van der Waals surface area contributed by atoms with E-state index in [2.05, 4.69) is 69.3 Å². The predicted molar refractivity (Wildman–Crippen MR) is 98.0 cm³/mol. The van der Waals surface area contributed by atoms with Crippen LogP contribution in [0.2, 0.25) is 0 Å². The van der Waals surface area contributed by atoms with Crippen molar-refractivity contribution < 1.29 is 46.0 Å². The van der Waals surface area contributed by atoms with Crippen LogP contribution in [0, 0.1) is 53.1 Å². The first-order chi connectivity index (χ1) is 11.1. The monoisotopic (exact) mass is 450 g/mol. The van der Waals surface area contributed by atoms with Crippen molar-refractivity contribution in [2.45, 2.75) is 53.1 Å². The van der Waals surface area contributed by atoms with Crippen LogP contribution in [0.5, 0.6) is 0 Å². The number of rotatable bonds is 9. The van der Waals surface area contributed by atoms with Crippen molar-refractivity contribution in [2.24, 2.45) is 5.41 Å². The number of hydrogen-bond acceptors (Lipinski definition) is 1. The Morgan fingerprint density at radius 3 is 2.54 bits per heavy atom. The fourth-order valence-corrected chi connectivity index (χ4v) is 2.62. The van der Waals surface area contributed by atoms with Gasteiger partial charge in [0, 0.05) is 47.9 Å². The molecule has 0 unspecified atom stereocenters. The van der Waals surface area contributed by atoms with Gasteiger partial charge in [-0.1, -0.05) is 55.0 Å². The Morgan fingerprint density at radius 1 is 1.21 bits per heavy atom.